The molecule has 0 N–H and O–H groups in total. The SMILES string of the molecule is COc1cc(CN(C)c2ccccc2F)ccc1C#N. The summed E-state index contributed by atoms with van der Waals surface area (Å²) in [5.41, 5.74) is 1.98. The van der Waals surface area contributed by atoms with Gasteiger partial charge in [-0.3, -0.25) is 0 Å². The van der Waals surface area contributed by atoms with Gasteiger partial charge in [-0.25, -0.2) is 4.39 Å². The zero-order valence-electron chi connectivity index (χ0n) is 11.4. The predicted molar refractivity (Wildman–Crippen MR) is 76.2 cm³/mol. The molecule has 2 aromatic rings. The van der Waals surface area contributed by atoms with E-state index in [0.717, 1.165) is 5.56 Å². The minimum atomic E-state index is -0.254. The molecule has 0 unspecified atom stereocenters. The van der Waals surface area contributed by atoms with E-state index in [1.807, 2.05) is 18.0 Å². The summed E-state index contributed by atoms with van der Waals surface area (Å²) in [6, 6.07) is 14.1. The Balaban J connectivity index is 2.22. The molecule has 20 heavy (non-hydrogen) atoms. The number of hydrogen-bond acceptors (Lipinski definition) is 3. The average molecular weight is 270 g/mol. The number of methoxy groups -OCH3 is 1. The maximum atomic E-state index is 13.7. The summed E-state index contributed by atoms with van der Waals surface area (Å²) < 4.78 is 18.9. The van der Waals surface area contributed by atoms with Gasteiger partial charge in [0.05, 0.1) is 18.4 Å². The highest BCUT2D eigenvalue weighted by atomic mass is 19.1. The predicted octanol–water partition coefficient (Wildman–Crippen LogP) is 3.34. The molecule has 0 aliphatic heterocycles. The number of benzene rings is 2. The van der Waals surface area contributed by atoms with Gasteiger partial charge >= 0.3 is 0 Å². The van der Waals surface area contributed by atoms with E-state index in [1.165, 1.54) is 13.2 Å². The molecule has 0 saturated carbocycles. The van der Waals surface area contributed by atoms with Gasteiger partial charge in [0.1, 0.15) is 17.6 Å². The van der Waals surface area contributed by atoms with E-state index in [2.05, 4.69) is 6.07 Å². The number of para-hydroxylation sites is 1. The Bertz CT molecular complexity index is 649. The molecule has 0 aliphatic rings. The molecule has 0 atom stereocenters. The highest BCUT2D eigenvalue weighted by Gasteiger charge is 2.09. The Hall–Kier alpha value is -2.54. The van der Waals surface area contributed by atoms with E-state index < -0.39 is 0 Å². The lowest BCUT2D eigenvalue weighted by atomic mass is 10.1. The van der Waals surface area contributed by atoms with E-state index >= 15 is 0 Å². The maximum Gasteiger partial charge on any atom is 0.146 e. The molecule has 102 valence electrons. The number of rotatable bonds is 4. The topological polar surface area (TPSA) is 36.3 Å². The van der Waals surface area contributed by atoms with Crippen molar-refractivity contribution in [3.63, 3.8) is 0 Å². The van der Waals surface area contributed by atoms with Gasteiger partial charge in [0.15, 0.2) is 0 Å². The number of nitriles is 1. The van der Waals surface area contributed by atoms with Crippen molar-refractivity contribution in [3.05, 3.63) is 59.4 Å². The Kier molecular flexibility index (Phi) is 4.21. The van der Waals surface area contributed by atoms with Crippen LogP contribution in [-0.4, -0.2) is 14.2 Å². The largest absolute Gasteiger partial charge is 0.495 e. The third-order valence-electron chi connectivity index (χ3n) is 3.07. The van der Waals surface area contributed by atoms with Gasteiger partial charge in [0, 0.05) is 13.6 Å². The second kappa shape index (κ2) is 6.07. The molecule has 0 amide bonds. The van der Waals surface area contributed by atoms with Crippen molar-refractivity contribution in [2.45, 2.75) is 6.54 Å². The zero-order valence-corrected chi connectivity index (χ0v) is 11.4. The quantitative estimate of drug-likeness (QED) is 0.855. The molecular formula is C16H15FN2O. The van der Waals surface area contributed by atoms with Crippen molar-refractivity contribution in [1.82, 2.24) is 0 Å². The average Bonchev–Trinajstić information content (AvgIpc) is 2.47. The van der Waals surface area contributed by atoms with Crippen LogP contribution in [0.3, 0.4) is 0 Å². The summed E-state index contributed by atoms with van der Waals surface area (Å²) in [7, 11) is 3.35. The van der Waals surface area contributed by atoms with Gasteiger partial charge in [-0.2, -0.15) is 5.26 Å². The lowest BCUT2D eigenvalue weighted by Crippen LogP contribution is -2.17. The first kappa shape index (κ1) is 13.9. The number of halogens is 1. The molecule has 0 aliphatic carbocycles. The molecule has 0 fully saturated rings. The van der Waals surface area contributed by atoms with Gasteiger partial charge in [-0.15, -0.1) is 0 Å². The van der Waals surface area contributed by atoms with Crippen molar-refractivity contribution in [3.8, 4) is 11.8 Å². The van der Waals surface area contributed by atoms with E-state index in [-0.39, 0.29) is 5.82 Å². The normalized spacial score (nSPS) is 9.90. The molecule has 0 aromatic heterocycles. The second-order valence-electron chi connectivity index (χ2n) is 4.45. The fraction of sp³-hybridized carbons (Fsp3) is 0.188. The van der Waals surface area contributed by atoms with Crippen LogP contribution in [0.2, 0.25) is 0 Å². The highest BCUT2D eigenvalue weighted by molar-refractivity contribution is 5.49. The van der Waals surface area contributed by atoms with Gasteiger partial charge in [-0.1, -0.05) is 18.2 Å². The second-order valence-corrected chi connectivity index (χ2v) is 4.45. The van der Waals surface area contributed by atoms with Crippen molar-refractivity contribution in [2.75, 3.05) is 19.1 Å². The van der Waals surface area contributed by atoms with Crippen LogP contribution in [0.1, 0.15) is 11.1 Å². The fourth-order valence-corrected chi connectivity index (χ4v) is 2.05. The van der Waals surface area contributed by atoms with Crippen molar-refractivity contribution in [2.24, 2.45) is 0 Å². The van der Waals surface area contributed by atoms with Crippen LogP contribution in [-0.2, 0) is 6.54 Å². The van der Waals surface area contributed by atoms with Crippen LogP contribution in [0.15, 0.2) is 42.5 Å². The minimum absolute atomic E-state index is 0.254. The number of nitrogens with zero attached hydrogens (tertiary/aromatic N) is 2. The van der Waals surface area contributed by atoms with E-state index in [4.69, 9.17) is 10.00 Å². The molecule has 0 radical (unpaired) electrons. The van der Waals surface area contributed by atoms with Crippen LogP contribution in [0.5, 0.6) is 5.75 Å². The van der Waals surface area contributed by atoms with Gasteiger partial charge in [-0.05, 0) is 29.8 Å². The van der Waals surface area contributed by atoms with E-state index in [9.17, 15) is 4.39 Å². The monoisotopic (exact) mass is 270 g/mol. The Morgan fingerprint density at radius 1 is 1.25 bits per heavy atom. The Morgan fingerprint density at radius 2 is 2.00 bits per heavy atom. The molecule has 4 heteroatoms. The first-order valence-corrected chi connectivity index (χ1v) is 6.18. The van der Waals surface area contributed by atoms with Crippen LogP contribution >= 0.6 is 0 Å². The Morgan fingerprint density at radius 3 is 2.65 bits per heavy atom. The third kappa shape index (κ3) is 2.89. The highest BCUT2D eigenvalue weighted by Crippen LogP contribution is 2.23. The number of hydrogen-bond donors (Lipinski definition) is 0. The summed E-state index contributed by atoms with van der Waals surface area (Å²) >= 11 is 0. The van der Waals surface area contributed by atoms with Crippen molar-refractivity contribution < 1.29 is 9.13 Å². The summed E-state index contributed by atoms with van der Waals surface area (Å²) in [5, 5.41) is 8.95. The first-order valence-electron chi connectivity index (χ1n) is 6.18. The number of anilines is 1. The van der Waals surface area contributed by atoms with E-state index in [1.54, 1.807) is 30.3 Å². The zero-order chi connectivity index (χ0) is 14.5. The molecule has 0 saturated heterocycles. The van der Waals surface area contributed by atoms with Crippen LogP contribution < -0.4 is 9.64 Å². The lowest BCUT2D eigenvalue weighted by Gasteiger charge is -2.20. The molecule has 0 spiro atoms. The molecule has 2 rings (SSSR count). The van der Waals surface area contributed by atoms with Crippen LogP contribution in [0.4, 0.5) is 10.1 Å². The smallest absolute Gasteiger partial charge is 0.146 e. The molecular weight excluding hydrogens is 255 g/mol. The lowest BCUT2D eigenvalue weighted by molar-refractivity contribution is 0.413. The van der Waals surface area contributed by atoms with Gasteiger partial charge < -0.3 is 9.64 Å². The summed E-state index contributed by atoms with van der Waals surface area (Å²) in [6.45, 7) is 0.531. The van der Waals surface area contributed by atoms with E-state index in [0.29, 0.717) is 23.5 Å². The molecule has 0 bridgehead atoms. The summed E-state index contributed by atoms with van der Waals surface area (Å²) in [5.74, 6) is 0.280. The van der Waals surface area contributed by atoms with Crippen LogP contribution in [0.25, 0.3) is 0 Å². The summed E-state index contributed by atoms with van der Waals surface area (Å²) in [6.07, 6.45) is 0. The minimum Gasteiger partial charge on any atom is -0.495 e. The standard InChI is InChI=1S/C16H15FN2O/c1-19(15-6-4-3-5-14(15)17)11-12-7-8-13(10-18)16(9-12)20-2/h3-9H,11H2,1-2H3. The summed E-state index contributed by atoms with van der Waals surface area (Å²) in [4.78, 5) is 1.82. The fourth-order valence-electron chi connectivity index (χ4n) is 2.05. The maximum absolute atomic E-state index is 13.7. The Labute approximate surface area is 117 Å². The molecule has 0 heterocycles. The molecule has 2 aromatic carbocycles. The number of ether oxygens (including phenoxy) is 1. The molecule has 3 nitrogen and oxygen atoms in total. The third-order valence-corrected chi connectivity index (χ3v) is 3.07. The van der Waals surface area contributed by atoms with Crippen LogP contribution in [0, 0.1) is 17.1 Å². The van der Waals surface area contributed by atoms with Crippen molar-refractivity contribution >= 4 is 5.69 Å². The van der Waals surface area contributed by atoms with Gasteiger partial charge in [0.25, 0.3) is 0 Å². The first-order chi connectivity index (χ1) is 9.65. The van der Waals surface area contributed by atoms with Crippen molar-refractivity contribution in [1.29, 1.82) is 5.26 Å². The van der Waals surface area contributed by atoms with Gasteiger partial charge in [0.2, 0.25) is 0 Å².